The molecule has 0 saturated carbocycles. The molecule has 3 nitrogen and oxygen atoms in total. The van der Waals surface area contributed by atoms with Crippen molar-refractivity contribution in [2.45, 2.75) is 25.9 Å². The fraction of sp³-hybridized carbons (Fsp3) is 0.417. The van der Waals surface area contributed by atoms with Gasteiger partial charge in [0.15, 0.2) is 5.78 Å². The summed E-state index contributed by atoms with van der Waals surface area (Å²) in [6, 6.07) is 0. The van der Waals surface area contributed by atoms with Crippen LogP contribution >= 0.6 is 0 Å². The molecule has 1 aliphatic heterocycles. The molecule has 1 aliphatic rings. The summed E-state index contributed by atoms with van der Waals surface area (Å²) in [5.41, 5.74) is -0.0303. The molecule has 0 aliphatic carbocycles. The minimum absolute atomic E-state index is 0.0292. The molecule has 6 heteroatoms. The monoisotopic (exact) mass is 262 g/mol. The summed E-state index contributed by atoms with van der Waals surface area (Å²) in [5.74, 6) is -1.80. The third-order valence-electron chi connectivity index (χ3n) is 2.19. The SMILES string of the molecule is CC(=O)/C=C(O)/C=C/C1=C(C(F)(F)F)OCCC1. The first-order valence-electron chi connectivity index (χ1n) is 5.33. The number of carbonyl (C=O) groups is 1. The fourth-order valence-corrected chi connectivity index (χ4v) is 1.51. The van der Waals surface area contributed by atoms with Crippen LogP contribution in [0.5, 0.6) is 0 Å². The van der Waals surface area contributed by atoms with E-state index in [4.69, 9.17) is 0 Å². The number of alkyl halides is 3. The van der Waals surface area contributed by atoms with Gasteiger partial charge >= 0.3 is 6.18 Å². The van der Waals surface area contributed by atoms with Gasteiger partial charge in [-0.3, -0.25) is 4.79 Å². The molecule has 0 bridgehead atoms. The molecule has 0 aromatic rings. The van der Waals surface area contributed by atoms with Crippen molar-refractivity contribution >= 4 is 5.78 Å². The Morgan fingerprint density at radius 3 is 2.67 bits per heavy atom. The van der Waals surface area contributed by atoms with Gasteiger partial charge in [0.05, 0.1) is 6.61 Å². The van der Waals surface area contributed by atoms with Crippen LogP contribution in [0.25, 0.3) is 0 Å². The summed E-state index contributed by atoms with van der Waals surface area (Å²) in [4.78, 5) is 10.6. The highest BCUT2D eigenvalue weighted by Crippen LogP contribution is 2.34. The highest BCUT2D eigenvalue weighted by atomic mass is 19.4. The Morgan fingerprint density at radius 1 is 1.44 bits per heavy atom. The highest BCUT2D eigenvalue weighted by molar-refractivity contribution is 5.87. The Morgan fingerprint density at radius 2 is 2.11 bits per heavy atom. The minimum atomic E-state index is -4.54. The molecule has 0 aromatic carbocycles. The van der Waals surface area contributed by atoms with E-state index in [1.807, 2.05) is 0 Å². The number of rotatable bonds is 3. The van der Waals surface area contributed by atoms with Crippen LogP contribution in [0.4, 0.5) is 13.2 Å². The lowest BCUT2D eigenvalue weighted by molar-refractivity contribution is -0.134. The molecule has 18 heavy (non-hydrogen) atoms. The Labute approximate surface area is 102 Å². The van der Waals surface area contributed by atoms with Crippen molar-refractivity contribution in [3.63, 3.8) is 0 Å². The molecular weight excluding hydrogens is 249 g/mol. The third kappa shape index (κ3) is 4.27. The van der Waals surface area contributed by atoms with E-state index >= 15 is 0 Å². The number of hydrogen-bond acceptors (Lipinski definition) is 3. The van der Waals surface area contributed by atoms with Crippen LogP contribution in [0, 0.1) is 0 Å². The lowest BCUT2D eigenvalue weighted by atomic mass is 10.1. The maximum Gasteiger partial charge on any atom is 0.449 e. The molecule has 0 fully saturated rings. The largest absolute Gasteiger partial charge is 0.508 e. The Hall–Kier alpha value is -1.72. The predicted octanol–water partition coefficient (Wildman–Crippen LogP) is 3.20. The first-order chi connectivity index (χ1) is 8.30. The van der Waals surface area contributed by atoms with E-state index in [9.17, 15) is 23.1 Å². The molecule has 0 unspecified atom stereocenters. The number of aliphatic hydroxyl groups excluding tert-OH is 1. The van der Waals surface area contributed by atoms with Crippen molar-refractivity contribution in [3.05, 3.63) is 35.3 Å². The van der Waals surface area contributed by atoms with Crippen LogP contribution in [-0.4, -0.2) is 23.7 Å². The number of allylic oxidation sites excluding steroid dienone is 5. The average molecular weight is 262 g/mol. The van der Waals surface area contributed by atoms with Crippen LogP contribution in [0.1, 0.15) is 19.8 Å². The zero-order valence-corrected chi connectivity index (χ0v) is 9.75. The van der Waals surface area contributed by atoms with Crippen LogP contribution in [0.2, 0.25) is 0 Å². The Bertz CT molecular complexity index is 417. The summed E-state index contributed by atoms with van der Waals surface area (Å²) in [6.45, 7) is 1.26. The maximum atomic E-state index is 12.6. The van der Waals surface area contributed by atoms with E-state index in [2.05, 4.69) is 4.74 Å². The highest BCUT2D eigenvalue weighted by Gasteiger charge is 2.39. The topological polar surface area (TPSA) is 46.5 Å². The quantitative estimate of drug-likeness (QED) is 0.482. The van der Waals surface area contributed by atoms with Gasteiger partial charge in [-0.2, -0.15) is 13.2 Å². The molecule has 0 aromatic heterocycles. The van der Waals surface area contributed by atoms with Crippen molar-refractivity contribution in [1.29, 1.82) is 0 Å². The molecular formula is C12H13F3O3. The van der Waals surface area contributed by atoms with Gasteiger partial charge in [-0.25, -0.2) is 0 Å². The number of halogens is 3. The number of ketones is 1. The number of carbonyl (C=O) groups excluding carboxylic acids is 1. The van der Waals surface area contributed by atoms with Crippen molar-refractivity contribution in [2.75, 3.05) is 6.61 Å². The molecule has 1 N–H and O–H groups in total. The molecule has 0 atom stereocenters. The second-order valence-corrected chi connectivity index (χ2v) is 3.82. The maximum absolute atomic E-state index is 12.6. The first kappa shape index (κ1) is 14.3. The van der Waals surface area contributed by atoms with Gasteiger partial charge < -0.3 is 9.84 Å². The van der Waals surface area contributed by atoms with Gasteiger partial charge in [0.2, 0.25) is 5.76 Å². The fourth-order valence-electron chi connectivity index (χ4n) is 1.51. The molecule has 1 heterocycles. The summed E-state index contributed by atoms with van der Waals surface area (Å²) in [5, 5.41) is 9.25. The van der Waals surface area contributed by atoms with E-state index < -0.39 is 11.9 Å². The standard InChI is InChI=1S/C12H13F3O3/c1-8(16)7-10(17)5-4-9-3-2-6-18-11(9)12(13,14)15/h4-5,7,17H,2-3,6H2,1H3/b5-4+,10-7-. The first-order valence-corrected chi connectivity index (χ1v) is 5.33. The van der Waals surface area contributed by atoms with Gasteiger partial charge in [0.1, 0.15) is 5.76 Å². The zero-order valence-electron chi connectivity index (χ0n) is 9.75. The van der Waals surface area contributed by atoms with Crippen molar-refractivity contribution < 1.29 is 27.8 Å². The lowest BCUT2D eigenvalue weighted by Gasteiger charge is -2.21. The van der Waals surface area contributed by atoms with E-state index in [1.165, 1.54) is 6.92 Å². The van der Waals surface area contributed by atoms with E-state index in [0.29, 0.717) is 6.42 Å². The number of ether oxygens (including phenoxy) is 1. The minimum Gasteiger partial charge on any atom is -0.508 e. The van der Waals surface area contributed by atoms with Crippen LogP contribution in [-0.2, 0) is 9.53 Å². The zero-order chi connectivity index (χ0) is 13.8. The van der Waals surface area contributed by atoms with Gasteiger partial charge in [-0.15, -0.1) is 0 Å². The molecule has 0 spiro atoms. The van der Waals surface area contributed by atoms with Crippen molar-refractivity contribution in [3.8, 4) is 0 Å². The number of hydrogen-bond donors (Lipinski definition) is 1. The van der Waals surface area contributed by atoms with Gasteiger partial charge in [-0.1, -0.05) is 6.08 Å². The van der Waals surface area contributed by atoms with Crippen LogP contribution in [0.15, 0.2) is 35.3 Å². The van der Waals surface area contributed by atoms with E-state index in [-0.39, 0.29) is 30.1 Å². The van der Waals surface area contributed by atoms with Gasteiger partial charge in [0.25, 0.3) is 0 Å². The Kier molecular flexibility index (Phi) is 4.58. The predicted molar refractivity (Wildman–Crippen MR) is 58.8 cm³/mol. The van der Waals surface area contributed by atoms with Crippen molar-refractivity contribution in [2.24, 2.45) is 0 Å². The second kappa shape index (κ2) is 5.75. The van der Waals surface area contributed by atoms with Gasteiger partial charge in [-0.05, 0) is 31.4 Å². The summed E-state index contributed by atoms with van der Waals surface area (Å²) in [6.07, 6.45) is -0.739. The average Bonchev–Trinajstić information content (AvgIpc) is 2.24. The van der Waals surface area contributed by atoms with E-state index in [1.54, 1.807) is 0 Å². The molecule has 100 valence electrons. The summed E-state index contributed by atoms with van der Waals surface area (Å²) >= 11 is 0. The molecule has 0 saturated heterocycles. The summed E-state index contributed by atoms with van der Waals surface area (Å²) < 4.78 is 42.3. The molecule has 0 amide bonds. The van der Waals surface area contributed by atoms with E-state index in [0.717, 1.165) is 18.2 Å². The molecule has 1 rings (SSSR count). The third-order valence-corrected chi connectivity index (χ3v) is 2.19. The number of aliphatic hydroxyl groups is 1. The molecule has 0 radical (unpaired) electrons. The normalized spacial score (nSPS) is 18.1. The smallest absolute Gasteiger partial charge is 0.449 e. The lowest BCUT2D eigenvalue weighted by Crippen LogP contribution is -2.20. The van der Waals surface area contributed by atoms with Gasteiger partial charge in [0, 0.05) is 6.08 Å². The summed E-state index contributed by atoms with van der Waals surface area (Å²) in [7, 11) is 0. The van der Waals surface area contributed by atoms with Crippen LogP contribution < -0.4 is 0 Å². The second-order valence-electron chi connectivity index (χ2n) is 3.82. The van der Waals surface area contributed by atoms with Crippen molar-refractivity contribution in [1.82, 2.24) is 0 Å². The van der Waals surface area contributed by atoms with Crippen LogP contribution in [0.3, 0.4) is 0 Å². The Balaban J connectivity index is 2.95.